The zero-order valence-corrected chi connectivity index (χ0v) is 12.9. The fourth-order valence-corrected chi connectivity index (χ4v) is 3.46. The number of benzene rings is 1. The van der Waals surface area contributed by atoms with Crippen molar-refractivity contribution in [3.05, 3.63) is 34.3 Å². The summed E-state index contributed by atoms with van der Waals surface area (Å²) in [6.07, 6.45) is 3.77. The van der Waals surface area contributed by atoms with Crippen LogP contribution in [-0.4, -0.2) is 11.9 Å². The van der Waals surface area contributed by atoms with Crippen LogP contribution in [-0.2, 0) is 6.54 Å². The minimum atomic E-state index is -0.443. The average molecular weight is 295 g/mol. The van der Waals surface area contributed by atoms with Crippen LogP contribution in [0.15, 0.2) is 18.2 Å². The Hall–Kier alpha value is -1.06. The standard InChI is InChI=1S/C16H23ClN2O/c1-10-5-11(2)7-14(6-10)19-9-13-4-3-12(16(18)20)8-15(13)17/h3-4,8,10-11,14,19H,5-7,9H2,1-2H3,(H2,18,20). The van der Waals surface area contributed by atoms with Gasteiger partial charge in [-0.25, -0.2) is 0 Å². The maximum Gasteiger partial charge on any atom is 0.248 e. The minimum absolute atomic E-state index is 0.443. The third-order valence-electron chi connectivity index (χ3n) is 4.10. The van der Waals surface area contributed by atoms with E-state index in [1.165, 1.54) is 19.3 Å². The summed E-state index contributed by atoms with van der Waals surface area (Å²) < 4.78 is 0. The maximum atomic E-state index is 11.1. The number of nitrogens with one attached hydrogen (secondary N) is 1. The molecule has 1 fully saturated rings. The van der Waals surface area contributed by atoms with Crippen LogP contribution in [0, 0.1) is 11.8 Å². The van der Waals surface area contributed by atoms with Crippen molar-refractivity contribution in [2.45, 2.75) is 45.7 Å². The molecule has 20 heavy (non-hydrogen) atoms. The van der Waals surface area contributed by atoms with Crippen LogP contribution >= 0.6 is 11.6 Å². The fourth-order valence-electron chi connectivity index (χ4n) is 3.21. The lowest BCUT2D eigenvalue weighted by atomic mass is 9.80. The van der Waals surface area contributed by atoms with E-state index < -0.39 is 5.91 Å². The predicted molar refractivity (Wildman–Crippen MR) is 82.8 cm³/mol. The highest BCUT2D eigenvalue weighted by Crippen LogP contribution is 2.29. The SMILES string of the molecule is CC1CC(C)CC(NCc2ccc(C(N)=O)cc2Cl)C1. The second-order valence-electron chi connectivity index (χ2n) is 6.17. The van der Waals surface area contributed by atoms with Crippen LogP contribution in [0.1, 0.15) is 49.0 Å². The molecule has 0 aromatic heterocycles. The molecule has 3 nitrogen and oxygen atoms in total. The third kappa shape index (κ3) is 3.97. The van der Waals surface area contributed by atoms with Crippen molar-refractivity contribution in [1.82, 2.24) is 5.32 Å². The molecule has 2 unspecified atom stereocenters. The van der Waals surface area contributed by atoms with Crippen LogP contribution in [0.5, 0.6) is 0 Å². The first kappa shape index (κ1) is 15.3. The van der Waals surface area contributed by atoms with Crippen LogP contribution in [0.2, 0.25) is 5.02 Å². The number of amides is 1. The van der Waals surface area contributed by atoms with Gasteiger partial charge in [0.25, 0.3) is 0 Å². The number of nitrogens with two attached hydrogens (primary N) is 1. The molecule has 1 aromatic carbocycles. The quantitative estimate of drug-likeness (QED) is 0.895. The predicted octanol–water partition coefficient (Wildman–Crippen LogP) is 3.35. The molecule has 0 saturated heterocycles. The minimum Gasteiger partial charge on any atom is -0.366 e. The zero-order chi connectivity index (χ0) is 14.7. The molecular weight excluding hydrogens is 272 g/mol. The van der Waals surface area contributed by atoms with Crippen LogP contribution in [0.3, 0.4) is 0 Å². The molecule has 0 aliphatic heterocycles. The first-order valence-electron chi connectivity index (χ1n) is 7.27. The van der Waals surface area contributed by atoms with E-state index in [2.05, 4.69) is 19.2 Å². The van der Waals surface area contributed by atoms with Gasteiger partial charge in [0.05, 0.1) is 0 Å². The van der Waals surface area contributed by atoms with Gasteiger partial charge in [-0.05, 0) is 48.8 Å². The normalized spacial score (nSPS) is 26.4. The van der Waals surface area contributed by atoms with E-state index in [-0.39, 0.29) is 0 Å². The fraction of sp³-hybridized carbons (Fsp3) is 0.562. The highest BCUT2D eigenvalue weighted by molar-refractivity contribution is 6.31. The molecule has 110 valence electrons. The molecule has 1 saturated carbocycles. The summed E-state index contributed by atoms with van der Waals surface area (Å²) in [7, 11) is 0. The summed E-state index contributed by atoms with van der Waals surface area (Å²) in [5.41, 5.74) is 6.71. The van der Waals surface area contributed by atoms with E-state index >= 15 is 0 Å². The number of carbonyl (C=O) groups excluding carboxylic acids is 1. The highest BCUT2D eigenvalue weighted by atomic mass is 35.5. The topological polar surface area (TPSA) is 55.1 Å². The van der Waals surface area contributed by atoms with Crippen molar-refractivity contribution in [2.75, 3.05) is 0 Å². The molecule has 1 aliphatic rings. The second kappa shape index (κ2) is 6.59. The Morgan fingerprint density at radius 1 is 1.30 bits per heavy atom. The summed E-state index contributed by atoms with van der Waals surface area (Å²) >= 11 is 6.20. The molecule has 3 N–H and O–H groups in total. The Kier molecular flexibility index (Phi) is 5.06. The van der Waals surface area contributed by atoms with Crippen molar-refractivity contribution in [3.8, 4) is 0 Å². The molecule has 1 aromatic rings. The van der Waals surface area contributed by atoms with E-state index in [9.17, 15) is 4.79 Å². The summed E-state index contributed by atoms with van der Waals surface area (Å²) in [5.74, 6) is 1.12. The van der Waals surface area contributed by atoms with Crippen LogP contribution in [0.4, 0.5) is 0 Å². The molecule has 1 amide bonds. The second-order valence-corrected chi connectivity index (χ2v) is 6.57. The highest BCUT2D eigenvalue weighted by Gasteiger charge is 2.23. The van der Waals surface area contributed by atoms with Crippen molar-refractivity contribution >= 4 is 17.5 Å². The Morgan fingerprint density at radius 2 is 1.95 bits per heavy atom. The van der Waals surface area contributed by atoms with E-state index in [1.54, 1.807) is 12.1 Å². The summed E-state index contributed by atoms with van der Waals surface area (Å²) in [6.45, 7) is 5.37. The third-order valence-corrected chi connectivity index (χ3v) is 4.45. The van der Waals surface area contributed by atoms with E-state index in [0.717, 1.165) is 23.9 Å². The Bertz CT molecular complexity index is 479. The van der Waals surface area contributed by atoms with Crippen molar-refractivity contribution in [1.29, 1.82) is 0 Å². The molecule has 0 radical (unpaired) electrons. The van der Waals surface area contributed by atoms with Crippen LogP contribution < -0.4 is 11.1 Å². The largest absolute Gasteiger partial charge is 0.366 e. The average Bonchev–Trinajstić information content (AvgIpc) is 2.36. The van der Waals surface area contributed by atoms with Gasteiger partial charge in [-0.3, -0.25) is 4.79 Å². The Balaban J connectivity index is 1.95. The molecule has 0 bridgehead atoms. The van der Waals surface area contributed by atoms with E-state index in [1.807, 2.05) is 6.07 Å². The lowest BCUT2D eigenvalue weighted by molar-refractivity contribution is 0.100. The molecule has 2 atom stereocenters. The lowest BCUT2D eigenvalue weighted by Gasteiger charge is -2.32. The summed E-state index contributed by atoms with van der Waals surface area (Å²) in [4.78, 5) is 11.1. The van der Waals surface area contributed by atoms with Gasteiger partial charge >= 0.3 is 0 Å². The monoisotopic (exact) mass is 294 g/mol. The lowest BCUT2D eigenvalue weighted by Crippen LogP contribution is -2.35. The summed E-state index contributed by atoms with van der Waals surface area (Å²) in [6, 6.07) is 5.82. The van der Waals surface area contributed by atoms with E-state index in [4.69, 9.17) is 17.3 Å². The molecule has 0 heterocycles. The van der Waals surface area contributed by atoms with Gasteiger partial charge in [-0.15, -0.1) is 0 Å². The van der Waals surface area contributed by atoms with Gasteiger partial charge in [-0.1, -0.05) is 31.5 Å². The van der Waals surface area contributed by atoms with Crippen molar-refractivity contribution in [3.63, 3.8) is 0 Å². The van der Waals surface area contributed by atoms with Gasteiger partial charge in [0.15, 0.2) is 0 Å². The number of hydrogen-bond donors (Lipinski definition) is 2. The smallest absolute Gasteiger partial charge is 0.248 e. The number of carbonyl (C=O) groups is 1. The first-order chi connectivity index (χ1) is 9.45. The number of halogens is 1. The van der Waals surface area contributed by atoms with Gasteiger partial charge in [0.1, 0.15) is 0 Å². The van der Waals surface area contributed by atoms with Crippen molar-refractivity contribution in [2.24, 2.45) is 17.6 Å². The van der Waals surface area contributed by atoms with Crippen molar-refractivity contribution < 1.29 is 4.79 Å². The first-order valence-corrected chi connectivity index (χ1v) is 7.65. The number of hydrogen-bond acceptors (Lipinski definition) is 2. The zero-order valence-electron chi connectivity index (χ0n) is 12.2. The maximum absolute atomic E-state index is 11.1. The van der Waals surface area contributed by atoms with Crippen LogP contribution in [0.25, 0.3) is 0 Å². The molecule has 2 rings (SSSR count). The summed E-state index contributed by atoms with van der Waals surface area (Å²) in [5, 5.41) is 4.19. The van der Waals surface area contributed by atoms with E-state index in [0.29, 0.717) is 16.6 Å². The van der Waals surface area contributed by atoms with Gasteiger partial charge < -0.3 is 11.1 Å². The van der Waals surface area contributed by atoms with Gasteiger partial charge in [0, 0.05) is 23.2 Å². The Labute approximate surface area is 125 Å². The molecule has 1 aliphatic carbocycles. The van der Waals surface area contributed by atoms with Gasteiger partial charge in [0.2, 0.25) is 5.91 Å². The molecular formula is C16H23ClN2O. The van der Waals surface area contributed by atoms with Gasteiger partial charge in [-0.2, -0.15) is 0 Å². The molecule has 4 heteroatoms. The molecule has 0 spiro atoms. The number of primary amides is 1. The Morgan fingerprint density at radius 3 is 2.50 bits per heavy atom. The number of rotatable bonds is 4.